The lowest BCUT2D eigenvalue weighted by Gasteiger charge is -2.15. The number of nitrogens with one attached hydrogen (secondary N) is 1. The van der Waals surface area contributed by atoms with E-state index in [1.807, 2.05) is 60.7 Å². The molecule has 162 valence electrons. The van der Waals surface area contributed by atoms with Gasteiger partial charge in [0.15, 0.2) is 0 Å². The standard InChI is InChI=1S/C23H24N2O5S/c1-30-22(26)17-25-20(16-19-10-6-3-7-11-19)12-13-21(23(25)27)24-31(28,29)15-14-18-8-4-2-5-9-18/h2-13,24H,14-17H2,1H3. The van der Waals surface area contributed by atoms with E-state index in [9.17, 15) is 18.0 Å². The number of rotatable bonds is 9. The van der Waals surface area contributed by atoms with Crippen LogP contribution in [0.4, 0.5) is 5.69 Å². The zero-order valence-electron chi connectivity index (χ0n) is 17.2. The number of hydrogen-bond donors (Lipinski definition) is 1. The first-order valence-corrected chi connectivity index (χ1v) is 11.4. The third-order valence-corrected chi connectivity index (χ3v) is 6.05. The maximum Gasteiger partial charge on any atom is 0.325 e. The Morgan fingerprint density at radius 1 is 0.935 bits per heavy atom. The van der Waals surface area contributed by atoms with E-state index in [1.54, 1.807) is 6.07 Å². The van der Waals surface area contributed by atoms with Gasteiger partial charge in [-0.1, -0.05) is 60.7 Å². The van der Waals surface area contributed by atoms with E-state index in [-0.39, 0.29) is 18.0 Å². The second kappa shape index (κ2) is 10.1. The summed E-state index contributed by atoms with van der Waals surface area (Å²) in [5, 5.41) is 0. The maximum absolute atomic E-state index is 13.0. The van der Waals surface area contributed by atoms with Crippen LogP contribution in [0.5, 0.6) is 0 Å². The Morgan fingerprint density at radius 2 is 1.55 bits per heavy atom. The molecule has 0 unspecified atom stereocenters. The van der Waals surface area contributed by atoms with Gasteiger partial charge in [0.05, 0.1) is 12.9 Å². The zero-order valence-corrected chi connectivity index (χ0v) is 18.0. The molecule has 0 atom stereocenters. The van der Waals surface area contributed by atoms with Crippen molar-refractivity contribution in [3.05, 3.63) is 100.0 Å². The quantitative estimate of drug-likeness (QED) is 0.516. The van der Waals surface area contributed by atoms with Gasteiger partial charge in [-0.05, 0) is 29.7 Å². The highest BCUT2D eigenvalue weighted by atomic mass is 32.2. The molecule has 31 heavy (non-hydrogen) atoms. The number of esters is 1. The first-order valence-electron chi connectivity index (χ1n) is 9.76. The molecule has 0 fully saturated rings. The fraction of sp³-hybridized carbons (Fsp3) is 0.217. The Morgan fingerprint density at radius 3 is 2.16 bits per heavy atom. The lowest BCUT2D eigenvalue weighted by Crippen LogP contribution is -2.31. The van der Waals surface area contributed by atoms with Crippen LogP contribution in [0.2, 0.25) is 0 Å². The topological polar surface area (TPSA) is 94.5 Å². The second-order valence-electron chi connectivity index (χ2n) is 7.02. The van der Waals surface area contributed by atoms with Crippen LogP contribution in [0.15, 0.2) is 77.6 Å². The minimum Gasteiger partial charge on any atom is -0.468 e. The van der Waals surface area contributed by atoms with Gasteiger partial charge in [0, 0.05) is 12.1 Å². The van der Waals surface area contributed by atoms with E-state index in [0.29, 0.717) is 18.5 Å². The summed E-state index contributed by atoms with van der Waals surface area (Å²) < 4.78 is 33.4. The van der Waals surface area contributed by atoms with E-state index < -0.39 is 21.6 Å². The molecule has 7 nitrogen and oxygen atoms in total. The van der Waals surface area contributed by atoms with E-state index in [1.165, 1.54) is 17.7 Å². The average molecular weight is 441 g/mol. The van der Waals surface area contributed by atoms with Crippen LogP contribution in [0.25, 0.3) is 0 Å². The van der Waals surface area contributed by atoms with Gasteiger partial charge < -0.3 is 4.74 Å². The van der Waals surface area contributed by atoms with Crippen molar-refractivity contribution in [1.82, 2.24) is 4.57 Å². The number of aromatic nitrogens is 1. The molecule has 0 saturated carbocycles. The number of methoxy groups -OCH3 is 1. The van der Waals surface area contributed by atoms with Crippen molar-refractivity contribution in [2.45, 2.75) is 19.4 Å². The Balaban J connectivity index is 1.85. The maximum atomic E-state index is 13.0. The number of carbonyl (C=O) groups is 1. The van der Waals surface area contributed by atoms with Gasteiger partial charge in [0.25, 0.3) is 5.56 Å². The van der Waals surface area contributed by atoms with Crippen LogP contribution < -0.4 is 10.3 Å². The number of benzene rings is 2. The summed E-state index contributed by atoms with van der Waals surface area (Å²) in [6.07, 6.45) is 0.729. The highest BCUT2D eigenvalue weighted by Gasteiger charge is 2.17. The largest absolute Gasteiger partial charge is 0.468 e. The number of aryl methyl sites for hydroxylation is 1. The zero-order chi connectivity index (χ0) is 22.3. The van der Waals surface area contributed by atoms with Gasteiger partial charge in [-0.2, -0.15) is 0 Å². The first-order chi connectivity index (χ1) is 14.9. The number of ether oxygens (including phenoxy) is 1. The molecule has 1 heterocycles. The summed E-state index contributed by atoms with van der Waals surface area (Å²) in [6.45, 7) is -0.308. The lowest BCUT2D eigenvalue weighted by molar-refractivity contribution is -0.141. The Hall–Kier alpha value is -3.39. The number of hydrogen-bond acceptors (Lipinski definition) is 5. The van der Waals surface area contributed by atoms with E-state index in [4.69, 9.17) is 4.74 Å². The van der Waals surface area contributed by atoms with E-state index in [2.05, 4.69) is 4.72 Å². The van der Waals surface area contributed by atoms with Crippen LogP contribution in [0.1, 0.15) is 16.8 Å². The van der Waals surface area contributed by atoms with Gasteiger partial charge in [-0.3, -0.25) is 18.9 Å². The summed E-state index contributed by atoms with van der Waals surface area (Å²) >= 11 is 0. The van der Waals surface area contributed by atoms with Crippen molar-refractivity contribution in [3.8, 4) is 0 Å². The Bertz CT molecular complexity index is 1190. The lowest BCUT2D eigenvalue weighted by atomic mass is 10.1. The van der Waals surface area contributed by atoms with Crippen molar-refractivity contribution in [1.29, 1.82) is 0 Å². The molecule has 0 amide bonds. The van der Waals surface area contributed by atoms with Crippen LogP contribution in [0, 0.1) is 0 Å². The molecule has 0 aliphatic heterocycles. The predicted octanol–water partition coefficient (Wildman–Crippen LogP) is 2.60. The van der Waals surface area contributed by atoms with Crippen molar-refractivity contribution in [3.63, 3.8) is 0 Å². The monoisotopic (exact) mass is 440 g/mol. The van der Waals surface area contributed by atoms with Crippen LogP contribution >= 0.6 is 0 Å². The molecule has 3 rings (SSSR count). The molecular weight excluding hydrogens is 416 g/mol. The summed E-state index contributed by atoms with van der Waals surface area (Å²) in [5.74, 6) is -0.764. The molecule has 0 aliphatic rings. The third kappa shape index (κ3) is 6.29. The molecule has 0 spiro atoms. The minimum absolute atomic E-state index is 0.103. The number of pyridine rings is 1. The van der Waals surface area contributed by atoms with E-state index >= 15 is 0 Å². The Kier molecular flexibility index (Phi) is 7.25. The van der Waals surface area contributed by atoms with Crippen LogP contribution in [-0.4, -0.2) is 31.8 Å². The number of anilines is 1. The summed E-state index contributed by atoms with van der Waals surface area (Å²) in [5.41, 5.74) is 1.72. The molecule has 3 aromatic rings. The van der Waals surface area contributed by atoms with Crippen molar-refractivity contribution >= 4 is 21.7 Å². The van der Waals surface area contributed by atoms with Gasteiger partial charge in [-0.25, -0.2) is 8.42 Å². The van der Waals surface area contributed by atoms with Gasteiger partial charge in [-0.15, -0.1) is 0 Å². The summed E-state index contributed by atoms with van der Waals surface area (Å²) in [7, 11) is -2.52. The van der Waals surface area contributed by atoms with E-state index in [0.717, 1.165) is 11.1 Å². The van der Waals surface area contributed by atoms with Crippen molar-refractivity contribution < 1.29 is 17.9 Å². The smallest absolute Gasteiger partial charge is 0.325 e. The number of sulfonamides is 1. The molecule has 1 N–H and O–H groups in total. The molecular formula is C23H24N2O5S. The molecule has 2 aromatic carbocycles. The van der Waals surface area contributed by atoms with Crippen molar-refractivity contribution in [2.75, 3.05) is 17.6 Å². The minimum atomic E-state index is -3.76. The molecule has 1 aromatic heterocycles. The van der Waals surface area contributed by atoms with Crippen molar-refractivity contribution in [2.24, 2.45) is 0 Å². The molecule has 0 saturated heterocycles. The second-order valence-corrected chi connectivity index (χ2v) is 8.87. The average Bonchev–Trinajstić information content (AvgIpc) is 2.78. The number of carbonyl (C=O) groups excluding carboxylic acids is 1. The van der Waals surface area contributed by atoms with Crippen LogP contribution in [-0.2, 0) is 38.9 Å². The fourth-order valence-corrected chi connectivity index (χ4v) is 4.23. The van der Waals surface area contributed by atoms with Crippen LogP contribution in [0.3, 0.4) is 0 Å². The Labute approximate surface area is 181 Å². The molecule has 0 bridgehead atoms. The first kappa shape index (κ1) is 22.3. The summed E-state index contributed by atoms with van der Waals surface area (Å²) in [6, 6.07) is 21.8. The molecule has 0 radical (unpaired) electrons. The highest BCUT2D eigenvalue weighted by molar-refractivity contribution is 7.92. The predicted molar refractivity (Wildman–Crippen MR) is 120 cm³/mol. The molecule has 0 aliphatic carbocycles. The third-order valence-electron chi connectivity index (χ3n) is 4.78. The SMILES string of the molecule is COC(=O)Cn1c(Cc2ccccc2)ccc(NS(=O)(=O)CCc2ccccc2)c1=O. The summed E-state index contributed by atoms with van der Waals surface area (Å²) in [4.78, 5) is 24.9. The fourth-order valence-electron chi connectivity index (χ4n) is 3.14. The number of nitrogens with zero attached hydrogens (tertiary/aromatic N) is 1. The highest BCUT2D eigenvalue weighted by Crippen LogP contribution is 2.13. The normalized spacial score (nSPS) is 11.1. The van der Waals surface area contributed by atoms with Gasteiger partial charge in [0.1, 0.15) is 12.2 Å². The van der Waals surface area contributed by atoms with Gasteiger partial charge >= 0.3 is 5.97 Å². The molecule has 8 heteroatoms. The van der Waals surface area contributed by atoms with Gasteiger partial charge in [0.2, 0.25) is 10.0 Å².